The number of carbonyl (C=O) groups excluding carboxylic acids is 2. The van der Waals surface area contributed by atoms with Gasteiger partial charge in [-0.25, -0.2) is 0 Å². The third-order valence-electron chi connectivity index (χ3n) is 3.92. The molecule has 5 heteroatoms. The van der Waals surface area contributed by atoms with Gasteiger partial charge in [-0.1, -0.05) is 29.8 Å². The molecule has 126 valence electrons. The molecule has 0 unspecified atom stereocenters. The molecular weight excluding hydrogens is 324 g/mol. The lowest BCUT2D eigenvalue weighted by atomic mass is 9.83. The van der Waals surface area contributed by atoms with E-state index in [9.17, 15) is 9.59 Å². The van der Waals surface area contributed by atoms with E-state index >= 15 is 0 Å². The number of hydrogen-bond acceptors (Lipinski definition) is 2. The Morgan fingerprint density at radius 2 is 1.75 bits per heavy atom. The molecule has 0 spiro atoms. The Bertz CT molecular complexity index is 785. The summed E-state index contributed by atoms with van der Waals surface area (Å²) in [6.45, 7) is 7.04. The first kappa shape index (κ1) is 18.0. The fourth-order valence-electron chi connectivity index (χ4n) is 2.32. The Morgan fingerprint density at radius 1 is 1.04 bits per heavy atom. The van der Waals surface area contributed by atoms with Crippen molar-refractivity contribution in [2.45, 2.75) is 33.1 Å². The van der Waals surface area contributed by atoms with Gasteiger partial charge in [0.1, 0.15) is 0 Å². The molecule has 2 aromatic rings. The molecule has 0 saturated carbocycles. The van der Waals surface area contributed by atoms with Gasteiger partial charge >= 0.3 is 0 Å². The van der Waals surface area contributed by atoms with Crippen molar-refractivity contribution in [3.05, 3.63) is 58.6 Å². The van der Waals surface area contributed by atoms with Gasteiger partial charge in [0.25, 0.3) is 0 Å². The van der Waals surface area contributed by atoms with E-state index in [0.29, 0.717) is 16.4 Å². The van der Waals surface area contributed by atoms with Crippen molar-refractivity contribution in [3.8, 4) is 0 Å². The summed E-state index contributed by atoms with van der Waals surface area (Å²) in [4.78, 5) is 24.0. The van der Waals surface area contributed by atoms with Gasteiger partial charge in [0.2, 0.25) is 11.8 Å². The second-order valence-corrected chi connectivity index (χ2v) is 6.74. The molecule has 24 heavy (non-hydrogen) atoms. The minimum atomic E-state index is -0.749. The maximum atomic E-state index is 12.8. The first-order valence-corrected chi connectivity index (χ1v) is 8.03. The summed E-state index contributed by atoms with van der Waals surface area (Å²) in [5.74, 6) is -0.303. The number of hydrogen-bond donors (Lipinski definition) is 2. The Kier molecular flexibility index (Phi) is 5.30. The standard InChI is InChI=1S/C19H21ClN2O2/c1-12-8-9-16(21-13(2)23)11-17(12)22-18(24)19(3,4)14-6-5-7-15(20)10-14/h5-11H,1-4H3,(H,21,23)(H,22,24). The van der Waals surface area contributed by atoms with Crippen LogP contribution in [-0.4, -0.2) is 11.8 Å². The van der Waals surface area contributed by atoms with Crippen LogP contribution in [0.3, 0.4) is 0 Å². The van der Waals surface area contributed by atoms with Gasteiger partial charge in [0.15, 0.2) is 0 Å². The predicted molar refractivity (Wildman–Crippen MR) is 98.6 cm³/mol. The highest BCUT2D eigenvalue weighted by Crippen LogP contribution is 2.28. The first-order chi connectivity index (χ1) is 11.2. The summed E-state index contributed by atoms with van der Waals surface area (Å²) in [6.07, 6.45) is 0. The molecule has 0 aromatic heterocycles. The van der Waals surface area contributed by atoms with E-state index in [0.717, 1.165) is 11.1 Å². The van der Waals surface area contributed by atoms with Gasteiger partial charge in [0, 0.05) is 23.3 Å². The molecule has 0 heterocycles. The SMILES string of the molecule is CC(=O)Nc1ccc(C)c(NC(=O)C(C)(C)c2cccc(Cl)c2)c1. The smallest absolute Gasteiger partial charge is 0.234 e. The Balaban J connectivity index is 2.26. The van der Waals surface area contributed by atoms with E-state index in [1.807, 2.05) is 39.0 Å². The van der Waals surface area contributed by atoms with Crippen LogP contribution in [0.1, 0.15) is 31.9 Å². The molecule has 0 fully saturated rings. The summed E-state index contributed by atoms with van der Waals surface area (Å²) in [5.41, 5.74) is 2.31. The van der Waals surface area contributed by atoms with Crippen molar-refractivity contribution in [3.63, 3.8) is 0 Å². The van der Waals surface area contributed by atoms with E-state index < -0.39 is 5.41 Å². The number of aryl methyl sites for hydroxylation is 1. The van der Waals surface area contributed by atoms with E-state index in [1.165, 1.54) is 6.92 Å². The van der Waals surface area contributed by atoms with Gasteiger partial charge in [-0.2, -0.15) is 0 Å². The molecule has 0 aliphatic heterocycles. The number of anilines is 2. The van der Waals surface area contributed by atoms with Gasteiger partial charge in [-0.15, -0.1) is 0 Å². The van der Waals surface area contributed by atoms with Crippen molar-refractivity contribution in [2.24, 2.45) is 0 Å². The van der Waals surface area contributed by atoms with Crippen LogP contribution in [0.15, 0.2) is 42.5 Å². The van der Waals surface area contributed by atoms with Crippen LogP contribution in [0.2, 0.25) is 5.02 Å². The van der Waals surface area contributed by atoms with Crippen LogP contribution in [-0.2, 0) is 15.0 Å². The molecule has 0 bridgehead atoms. The predicted octanol–water partition coefficient (Wildman–Crippen LogP) is 4.52. The number of amides is 2. The lowest BCUT2D eigenvalue weighted by Crippen LogP contribution is -2.35. The Labute approximate surface area is 147 Å². The van der Waals surface area contributed by atoms with E-state index in [2.05, 4.69) is 10.6 Å². The molecule has 2 N–H and O–H groups in total. The highest BCUT2D eigenvalue weighted by Gasteiger charge is 2.30. The highest BCUT2D eigenvalue weighted by atomic mass is 35.5. The molecule has 0 atom stereocenters. The number of halogens is 1. The number of nitrogens with one attached hydrogen (secondary N) is 2. The van der Waals surface area contributed by atoms with Gasteiger partial charge in [-0.05, 0) is 56.2 Å². The lowest BCUT2D eigenvalue weighted by molar-refractivity contribution is -0.120. The largest absolute Gasteiger partial charge is 0.326 e. The average molecular weight is 345 g/mol. The normalized spacial score (nSPS) is 11.0. The number of carbonyl (C=O) groups is 2. The van der Waals surface area contributed by atoms with Crippen LogP contribution < -0.4 is 10.6 Å². The van der Waals surface area contributed by atoms with Crippen molar-refractivity contribution in [1.29, 1.82) is 0 Å². The zero-order valence-corrected chi connectivity index (χ0v) is 15.0. The van der Waals surface area contributed by atoms with Crippen LogP contribution in [0.5, 0.6) is 0 Å². The highest BCUT2D eigenvalue weighted by molar-refractivity contribution is 6.30. The Morgan fingerprint density at radius 3 is 2.38 bits per heavy atom. The summed E-state index contributed by atoms with van der Waals surface area (Å²) < 4.78 is 0. The zero-order valence-electron chi connectivity index (χ0n) is 14.2. The topological polar surface area (TPSA) is 58.2 Å². The number of rotatable bonds is 4. The molecule has 4 nitrogen and oxygen atoms in total. The second-order valence-electron chi connectivity index (χ2n) is 6.30. The lowest BCUT2D eigenvalue weighted by Gasteiger charge is -2.25. The second kappa shape index (κ2) is 7.05. The summed E-state index contributed by atoms with van der Waals surface area (Å²) in [5, 5.41) is 6.26. The molecule has 2 aromatic carbocycles. The van der Waals surface area contributed by atoms with Crippen LogP contribution >= 0.6 is 11.6 Å². The molecule has 2 rings (SSSR count). The van der Waals surface area contributed by atoms with E-state index in [4.69, 9.17) is 11.6 Å². The fraction of sp³-hybridized carbons (Fsp3) is 0.263. The summed E-state index contributed by atoms with van der Waals surface area (Å²) in [7, 11) is 0. The van der Waals surface area contributed by atoms with Gasteiger partial charge in [-0.3, -0.25) is 9.59 Å². The molecule has 2 amide bonds. The number of benzene rings is 2. The molecule has 0 saturated heterocycles. The van der Waals surface area contributed by atoms with Crippen molar-refractivity contribution >= 4 is 34.8 Å². The summed E-state index contributed by atoms with van der Waals surface area (Å²) in [6, 6.07) is 12.7. The van der Waals surface area contributed by atoms with Gasteiger partial charge in [0.05, 0.1) is 5.41 Å². The molecule has 0 aliphatic carbocycles. The van der Waals surface area contributed by atoms with Crippen LogP contribution in [0.25, 0.3) is 0 Å². The first-order valence-electron chi connectivity index (χ1n) is 7.66. The maximum Gasteiger partial charge on any atom is 0.234 e. The quantitative estimate of drug-likeness (QED) is 0.856. The molecular formula is C19H21ClN2O2. The summed E-state index contributed by atoms with van der Waals surface area (Å²) >= 11 is 6.04. The third-order valence-corrected chi connectivity index (χ3v) is 4.16. The van der Waals surface area contributed by atoms with Crippen LogP contribution in [0.4, 0.5) is 11.4 Å². The average Bonchev–Trinajstić information content (AvgIpc) is 2.50. The van der Waals surface area contributed by atoms with Gasteiger partial charge < -0.3 is 10.6 Å². The Hall–Kier alpha value is -2.33. The fourth-order valence-corrected chi connectivity index (χ4v) is 2.51. The maximum absolute atomic E-state index is 12.8. The minimum Gasteiger partial charge on any atom is -0.326 e. The molecule has 0 aliphatic rings. The van der Waals surface area contributed by atoms with Crippen molar-refractivity contribution in [2.75, 3.05) is 10.6 Å². The minimum absolute atomic E-state index is 0.146. The molecule has 0 radical (unpaired) electrons. The zero-order chi connectivity index (χ0) is 17.9. The van der Waals surface area contributed by atoms with E-state index in [-0.39, 0.29) is 11.8 Å². The third kappa shape index (κ3) is 4.15. The van der Waals surface area contributed by atoms with E-state index in [1.54, 1.807) is 24.3 Å². The van der Waals surface area contributed by atoms with Crippen molar-refractivity contribution < 1.29 is 9.59 Å². The van der Waals surface area contributed by atoms with Crippen molar-refractivity contribution in [1.82, 2.24) is 0 Å². The van der Waals surface area contributed by atoms with Crippen LogP contribution in [0, 0.1) is 6.92 Å². The monoisotopic (exact) mass is 344 g/mol.